The van der Waals surface area contributed by atoms with Crippen LogP contribution in [0.4, 0.5) is 11.9 Å². The number of carbonyl (C=O) groups excluding carboxylic acids is 2. The Balaban J connectivity index is 1.53. The molecule has 1 aromatic heterocycles. The topological polar surface area (TPSA) is 98.1 Å². The molecule has 0 unspecified atom stereocenters. The fourth-order valence-corrected chi connectivity index (χ4v) is 3.17. The third kappa shape index (κ3) is 4.01. The number of anilines is 2. The van der Waals surface area contributed by atoms with Gasteiger partial charge in [0, 0.05) is 11.6 Å². The number of hydrogen-bond acceptors (Lipinski definition) is 5. The summed E-state index contributed by atoms with van der Waals surface area (Å²) in [6, 6.07) is 16.7. The first-order chi connectivity index (χ1) is 14.1. The van der Waals surface area contributed by atoms with Crippen molar-refractivity contribution in [1.29, 1.82) is 0 Å². The van der Waals surface area contributed by atoms with Gasteiger partial charge in [-0.3, -0.25) is 20.2 Å². The van der Waals surface area contributed by atoms with Crippen molar-refractivity contribution in [3.8, 4) is 5.75 Å². The predicted octanol–water partition coefficient (Wildman–Crippen LogP) is 2.87. The highest BCUT2D eigenvalue weighted by Crippen LogP contribution is 2.29. The molecule has 8 heteroatoms. The molecule has 4 rings (SSSR count). The number of methoxy groups -OCH3 is 1. The van der Waals surface area contributed by atoms with Gasteiger partial charge in [0.25, 0.3) is 11.9 Å². The maximum Gasteiger partial charge on any atom is 0.250 e. The van der Waals surface area contributed by atoms with Crippen molar-refractivity contribution in [2.45, 2.75) is 12.5 Å². The van der Waals surface area contributed by atoms with E-state index in [0.29, 0.717) is 11.7 Å². The molecule has 0 saturated carbocycles. The first-order valence-corrected chi connectivity index (χ1v) is 9.07. The Bertz CT molecular complexity index is 1070. The maximum absolute atomic E-state index is 12.3. The van der Waals surface area contributed by atoms with Crippen molar-refractivity contribution >= 4 is 29.8 Å². The largest absolute Gasteiger partial charge is 0.496 e. The molecule has 2 aromatic carbocycles. The van der Waals surface area contributed by atoms with Crippen LogP contribution < -0.4 is 15.4 Å². The number of fused-ring (bicyclic) bond motifs is 1. The van der Waals surface area contributed by atoms with Crippen LogP contribution in [0.15, 0.2) is 60.7 Å². The van der Waals surface area contributed by atoms with E-state index in [1.165, 1.54) is 6.08 Å². The lowest BCUT2D eigenvalue weighted by atomic mass is 10.0. The molecule has 0 saturated heterocycles. The predicted molar refractivity (Wildman–Crippen MR) is 109 cm³/mol. The van der Waals surface area contributed by atoms with Crippen LogP contribution in [0.25, 0.3) is 6.08 Å². The Morgan fingerprint density at radius 2 is 1.97 bits per heavy atom. The Morgan fingerprint density at radius 1 is 1.21 bits per heavy atom. The number of nitrogens with one attached hydrogen (secondary N) is 2. The molecule has 3 aromatic rings. The van der Waals surface area contributed by atoms with Gasteiger partial charge in [-0.15, -0.1) is 5.10 Å². The third-order valence-corrected chi connectivity index (χ3v) is 4.53. The number of rotatable bonds is 5. The molecular weight excluding hydrogens is 370 g/mol. The molecule has 0 fully saturated rings. The molecule has 8 nitrogen and oxygen atoms in total. The van der Waals surface area contributed by atoms with Gasteiger partial charge >= 0.3 is 0 Å². The summed E-state index contributed by atoms with van der Waals surface area (Å²) in [7, 11) is 1.57. The van der Waals surface area contributed by atoms with Crippen LogP contribution in [0.5, 0.6) is 5.75 Å². The minimum atomic E-state index is -0.388. The molecular formula is C21H19N5O3. The quantitative estimate of drug-likeness (QED) is 0.654. The number of benzene rings is 2. The lowest BCUT2D eigenvalue weighted by Gasteiger charge is -2.23. The van der Waals surface area contributed by atoms with Crippen molar-refractivity contribution < 1.29 is 14.3 Å². The summed E-state index contributed by atoms with van der Waals surface area (Å²) in [5.41, 5.74) is 1.72. The Morgan fingerprint density at radius 3 is 2.76 bits per heavy atom. The Kier molecular flexibility index (Phi) is 5.07. The van der Waals surface area contributed by atoms with E-state index in [1.54, 1.807) is 17.9 Å². The summed E-state index contributed by atoms with van der Waals surface area (Å²) in [6.45, 7) is 0. The first kappa shape index (κ1) is 18.4. The highest BCUT2D eigenvalue weighted by Gasteiger charge is 2.29. The zero-order valence-electron chi connectivity index (χ0n) is 15.7. The van der Waals surface area contributed by atoms with Crippen LogP contribution >= 0.6 is 0 Å². The SMILES string of the molecule is COc1ccccc1/C=C/C(=O)Nc1nc2n(n1)[C@@H](c1ccccc1)CC(=O)N2. The molecule has 0 spiro atoms. The second-order valence-electron chi connectivity index (χ2n) is 6.45. The number of para-hydroxylation sites is 1. The summed E-state index contributed by atoms with van der Waals surface area (Å²) in [5.74, 6) is 0.562. The van der Waals surface area contributed by atoms with Gasteiger partial charge in [-0.05, 0) is 17.7 Å². The fraction of sp³-hybridized carbons (Fsp3) is 0.143. The highest BCUT2D eigenvalue weighted by molar-refractivity contribution is 6.01. The number of hydrogen-bond donors (Lipinski definition) is 2. The van der Waals surface area contributed by atoms with Crippen molar-refractivity contribution in [2.75, 3.05) is 17.7 Å². The van der Waals surface area contributed by atoms with Crippen LogP contribution in [0.3, 0.4) is 0 Å². The van der Waals surface area contributed by atoms with E-state index in [9.17, 15) is 9.59 Å². The lowest BCUT2D eigenvalue weighted by molar-refractivity contribution is -0.117. The van der Waals surface area contributed by atoms with Crippen LogP contribution in [0, 0.1) is 0 Å². The Hall–Kier alpha value is -3.94. The summed E-state index contributed by atoms with van der Waals surface area (Å²) in [5, 5.41) is 9.70. The van der Waals surface area contributed by atoms with E-state index in [0.717, 1.165) is 11.1 Å². The van der Waals surface area contributed by atoms with E-state index in [2.05, 4.69) is 20.7 Å². The Labute approximate surface area is 167 Å². The van der Waals surface area contributed by atoms with E-state index < -0.39 is 0 Å². The van der Waals surface area contributed by atoms with Crippen LogP contribution in [0.2, 0.25) is 0 Å². The smallest absolute Gasteiger partial charge is 0.250 e. The van der Waals surface area contributed by atoms with Gasteiger partial charge in [-0.1, -0.05) is 48.5 Å². The summed E-state index contributed by atoms with van der Waals surface area (Å²) < 4.78 is 6.89. The lowest BCUT2D eigenvalue weighted by Crippen LogP contribution is -2.29. The molecule has 1 aliphatic heterocycles. The second kappa shape index (κ2) is 7.97. The van der Waals surface area contributed by atoms with Crippen LogP contribution in [-0.4, -0.2) is 33.7 Å². The first-order valence-electron chi connectivity index (χ1n) is 9.07. The van der Waals surface area contributed by atoms with Crippen molar-refractivity contribution in [2.24, 2.45) is 0 Å². The molecule has 1 atom stereocenters. The molecule has 2 heterocycles. The van der Waals surface area contributed by atoms with Gasteiger partial charge in [0.15, 0.2) is 0 Å². The molecule has 1 aliphatic rings. The van der Waals surface area contributed by atoms with Gasteiger partial charge in [0.1, 0.15) is 5.75 Å². The standard InChI is InChI=1S/C21H19N5O3/c1-29-17-10-6-5-9-15(17)11-12-18(27)22-20-24-21-23-19(28)13-16(26(21)25-20)14-7-3-2-4-8-14/h2-12,16H,13H2,1H3,(H2,22,23,24,25,27,28)/b12-11+/t16-/m1/s1. The monoisotopic (exact) mass is 389 g/mol. The third-order valence-electron chi connectivity index (χ3n) is 4.53. The van der Waals surface area contributed by atoms with Crippen molar-refractivity contribution in [1.82, 2.24) is 14.8 Å². The minimum Gasteiger partial charge on any atom is -0.496 e. The molecule has 2 amide bonds. The van der Waals surface area contributed by atoms with Crippen molar-refractivity contribution in [3.05, 3.63) is 71.8 Å². The highest BCUT2D eigenvalue weighted by atomic mass is 16.5. The average molecular weight is 389 g/mol. The van der Waals surface area contributed by atoms with E-state index in [1.807, 2.05) is 54.6 Å². The van der Waals surface area contributed by atoms with E-state index in [4.69, 9.17) is 4.74 Å². The maximum atomic E-state index is 12.3. The molecule has 0 radical (unpaired) electrons. The summed E-state index contributed by atoms with van der Waals surface area (Å²) >= 11 is 0. The number of carbonyl (C=O) groups is 2. The molecule has 0 bridgehead atoms. The fourth-order valence-electron chi connectivity index (χ4n) is 3.17. The average Bonchev–Trinajstić information content (AvgIpc) is 3.14. The number of amides is 2. The molecule has 29 heavy (non-hydrogen) atoms. The van der Waals surface area contributed by atoms with Crippen LogP contribution in [0.1, 0.15) is 23.6 Å². The number of ether oxygens (including phenoxy) is 1. The molecule has 146 valence electrons. The van der Waals surface area contributed by atoms with Gasteiger partial charge in [-0.25, -0.2) is 4.68 Å². The van der Waals surface area contributed by atoms with Gasteiger partial charge < -0.3 is 4.74 Å². The summed E-state index contributed by atoms with van der Waals surface area (Å²) in [4.78, 5) is 28.6. The second-order valence-corrected chi connectivity index (χ2v) is 6.45. The van der Waals surface area contributed by atoms with Gasteiger partial charge in [0.05, 0.1) is 19.6 Å². The minimum absolute atomic E-state index is 0.123. The normalized spacial score (nSPS) is 15.6. The molecule has 2 N–H and O–H groups in total. The number of aromatic nitrogens is 3. The molecule has 0 aliphatic carbocycles. The summed E-state index contributed by atoms with van der Waals surface area (Å²) in [6.07, 6.45) is 3.28. The van der Waals surface area contributed by atoms with Crippen LogP contribution in [-0.2, 0) is 9.59 Å². The van der Waals surface area contributed by atoms with Crippen molar-refractivity contribution in [3.63, 3.8) is 0 Å². The number of nitrogens with zero attached hydrogens (tertiary/aromatic N) is 3. The zero-order chi connectivity index (χ0) is 20.2. The van der Waals surface area contributed by atoms with Gasteiger partial charge in [-0.2, -0.15) is 4.98 Å². The van der Waals surface area contributed by atoms with E-state index >= 15 is 0 Å². The van der Waals surface area contributed by atoms with Gasteiger partial charge in [0.2, 0.25) is 11.9 Å². The van der Waals surface area contributed by atoms with E-state index in [-0.39, 0.29) is 30.2 Å². The zero-order valence-corrected chi connectivity index (χ0v) is 15.7.